The van der Waals surface area contributed by atoms with Crippen molar-refractivity contribution >= 4 is 0 Å². The molecule has 0 radical (unpaired) electrons. The maximum atomic E-state index is 9.99. The van der Waals surface area contributed by atoms with Gasteiger partial charge in [0, 0.05) is 0 Å². The van der Waals surface area contributed by atoms with E-state index < -0.39 is 0 Å². The Morgan fingerprint density at radius 3 is 2.80 bits per heavy atom. The molecule has 1 nitrogen and oxygen atoms in total. The average Bonchev–Trinajstić information content (AvgIpc) is 2.82. The fraction of sp³-hybridized carbons (Fsp3) is 0.789. The van der Waals surface area contributed by atoms with Crippen molar-refractivity contribution in [1.82, 2.24) is 0 Å². The van der Waals surface area contributed by atoms with Crippen LogP contribution >= 0.6 is 0 Å². The molecule has 0 amide bonds. The molecule has 1 N–H and O–H groups in total. The molecule has 4 aliphatic carbocycles. The minimum Gasteiger partial charge on any atom is -0.393 e. The van der Waals surface area contributed by atoms with Gasteiger partial charge in [-0.25, -0.2) is 0 Å². The topological polar surface area (TPSA) is 20.2 Å². The van der Waals surface area contributed by atoms with Crippen LogP contribution in [0.5, 0.6) is 0 Å². The molecule has 0 aliphatic heterocycles. The fourth-order valence-electron chi connectivity index (χ4n) is 5.90. The molecular formula is C19H28O. The standard InChI is InChI=1S/C19H28O/c1-12-3-5-16-15(12)7-8-18-17(16)6-4-13-11-14(20)9-10-19(13,18)2/h4,12,14,17-18,20H,3,5-11H2,1-2H3. The summed E-state index contributed by atoms with van der Waals surface area (Å²) in [5, 5.41) is 9.99. The number of aliphatic hydroxyl groups is 1. The van der Waals surface area contributed by atoms with E-state index >= 15 is 0 Å². The van der Waals surface area contributed by atoms with Crippen LogP contribution in [0.4, 0.5) is 0 Å². The summed E-state index contributed by atoms with van der Waals surface area (Å²) in [4.78, 5) is 0. The van der Waals surface area contributed by atoms with Crippen molar-refractivity contribution in [3.05, 3.63) is 22.8 Å². The summed E-state index contributed by atoms with van der Waals surface area (Å²) in [5.74, 6) is 2.56. The zero-order chi connectivity index (χ0) is 13.9. The van der Waals surface area contributed by atoms with Crippen LogP contribution in [0.3, 0.4) is 0 Å². The SMILES string of the molecule is CC1CCC2=C1CCC1C2CC=C2CC(O)CCC21C. The number of hydrogen-bond donors (Lipinski definition) is 1. The highest BCUT2D eigenvalue weighted by molar-refractivity contribution is 5.34. The molecular weight excluding hydrogens is 244 g/mol. The number of rotatable bonds is 0. The maximum absolute atomic E-state index is 9.99. The molecule has 1 saturated carbocycles. The van der Waals surface area contributed by atoms with E-state index in [0.29, 0.717) is 5.41 Å². The van der Waals surface area contributed by atoms with Crippen molar-refractivity contribution in [2.24, 2.45) is 23.2 Å². The number of allylic oxidation sites excluding steroid dienone is 3. The van der Waals surface area contributed by atoms with Gasteiger partial charge in [-0.15, -0.1) is 0 Å². The first-order valence-electron chi connectivity index (χ1n) is 8.69. The molecule has 4 rings (SSSR count). The van der Waals surface area contributed by atoms with Crippen molar-refractivity contribution in [3.8, 4) is 0 Å². The predicted octanol–water partition coefficient (Wildman–Crippen LogP) is 4.62. The first-order valence-corrected chi connectivity index (χ1v) is 8.69. The van der Waals surface area contributed by atoms with Crippen LogP contribution in [0.25, 0.3) is 0 Å². The van der Waals surface area contributed by atoms with Crippen LogP contribution in [0.1, 0.15) is 65.2 Å². The van der Waals surface area contributed by atoms with Crippen LogP contribution in [0, 0.1) is 23.2 Å². The third-order valence-corrected chi connectivity index (χ3v) is 7.13. The minimum absolute atomic E-state index is 0.0734. The fourth-order valence-corrected chi connectivity index (χ4v) is 5.90. The normalized spacial score (nSPS) is 47.5. The summed E-state index contributed by atoms with van der Waals surface area (Å²) >= 11 is 0. The Balaban J connectivity index is 1.71. The van der Waals surface area contributed by atoms with E-state index in [4.69, 9.17) is 0 Å². The van der Waals surface area contributed by atoms with Crippen LogP contribution in [-0.2, 0) is 0 Å². The zero-order valence-corrected chi connectivity index (χ0v) is 13.0. The van der Waals surface area contributed by atoms with Crippen LogP contribution in [-0.4, -0.2) is 11.2 Å². The molecule has 0 heterocycles. The highest BCUT2D eigenvalue weighted by atomic mass is 16.3. The van der Waals surface area contributed by atoms with Crippen molar-refractivity contribution in [3.63, 3.8) is 0 Å². The van der Waals surface area contributed by atoms with Crippen molar-refractivity contribution in [2.75, 3.05) is 0 Å². The highest BCUT2D eigenvalue weighted by Gasteiger charge is 2.49. The van der Waals surface area contributed by atoms with Gasteiger partial charge in [-0.2, -0.15) is 0 Å². The Bertz CT molecular complexity index is 486. The lowest BCUT2D eigenvalue weighted by molar-refractivity contribution is 0.0515. The third kappa shape index (κ3) is 1.71. The molecule has 0 aromatic carbocycles. The van der Waals surface area contributed by atoms with Gasteiger partial charge in [0.2, 0.25) is 0 Å². The molecule has 5 unspecified atom stereocenters. The van der Waals surface area contributed by atoms with Crippen molar-refractivity contribution in [2.45, 2.75) is 71.3 Å². The van der Waals surface area contributed by atoms with E-state index in [1.807, 2.05) is 11.1 Å². The second-order valence-electron chi connectivity index (χ2n) is 8.02. The van der Waals surface area contributed by atoms with Gasteiger partial charge in [0.25, 0.3) is 0 Å². The monoisotopic (exact) mass is 272 g/mol. The Hall–Kier alpha value is -0.560. The van der Waals surface area contributed by atoms with Gasteiger partial charge in [-0.05, 0) is 74.5 Å². The molecule has 1 fully saturated rings. The van der Waals surface area contributed by atoms with Crippen LogP contribution in [0.15, 0.2) is 22.8 Å². The van der Waals surface area contributed by atoms with E-state index in [1.54, 1.807) is 5.57 Å². The van der Waals surface area contributed by atoms with Gasteiger partial charge in [0.05, 0.1) is 6.10 Å². The summed E-state index contributed by atoms with van der Waals surface area (Å²) in [6, 6.07) is 0. The lowest BCUT2D eigenvalue weighted by Crippen LogP contribution is -2.43. The highest BCUT2D eigenvalue weighted by Crippen LogP contribution is 2.60. The molecule has 1 heteroatoms. The number of aliphatic hydroxyl groups excluding tert-OH is 1. The third-order valence-electron chi connectivity index (χ3n) is 7.13. The maximum Gasteiger partial charge on any atom is 0.0577 e. The second-order valence-corrected chi connectivity index (χ2v) is 8.02. The first kappa shape index (κ1) is 13.1. The van der Waals surface area contributed by atoms with Crippen molar-refractivity contribution in [1.29, 1.82) is 0 Å². The molecule has 20 heavy (non-hydrogen) atoms. The van der Waals surface area contributed by atoms with Gasteiger partial charge in [0.15, 0.2) is 0 Å². The van der Waals surface area contributed by atoms with E-state index in [0.717, 1.165) is 30.6 Å². The van der Waals surface area contributed by atoms with E-state index in [9.17, 15) is 5.11 Å². The summed E-state index contributed by atoms with van der Waals surface area (Å²) in [7, 11) is 0. The molecule has 0 saturated heterocycles. The smallest absolute Gasteiger partial charge is 0.0577 e. The van der Waals surface area contributed by atoms with Crippen LogP contribution in [0.2, 0.25) is 0 Å². The van der Waals surface area contributed by atoms with Gasteiger partial charge in [-0.1, -0.05) is 36.6 Å². The molecule has 5 atom stereocenters. The Morgan fingerprint density at radius 1 is 1.15 bits per heavy atom. The lowest BCUT2D eigenvalue weighted by atomic mass is 9.53. The van der Waals surface area contributed by atoms with Crippen molar-refractivity contribution < 1.29 is 5.11 Å². The largest absolute Gasteiger partial charge is 0.393 e. The minimum atomic E-state index is -0.0734. The quantitative estimate of drug-likeness (QED) is 0.638. The molecule has 0 aromatic rings. The summed E-state index contributed by atoms with van der Waals surface area (Å²) in [6.45, 7) is 4.94. The zero-order valence-electron chi connectivity index (χ0n) is 13.0. The first-order chi connectivity index (χ1) is 9.59. The Morgan fingerprint density at radius 2 is 1.95 bits per heavy atom. The van der Waals surface area contributed by atoms with E-state index in [-0.39, 0.29) is 6.10 Å². The molecule has 4 aliphatic rings. The van der Waals surface area contributed by atoms with Gasteiger partial charge in [0.1, 0.15) is 0 Å². The Kier molecular flexibility index (Phi) is 2.93. The summed E-state index contributed by atoms with van der Waals surface area (Å²) in [5.41, 5.74) is 5.68. The summed E-state index contributed by atoms with van der Waals surface area (Å²) < 4.78 is 0. The molecule has 0 bridgehead atoms. The van der Waals surface area contributed by atoms with Gasteiger partial charge < -0.3 is 5.11 Å². The average molecular weight is 272 g/mol. The second kappa shape index (κ2) is 4.47. The van der Waals surface area contributed by atoms with Gasteiger partial charge >= 0.3 is 0 Å². The molecule has 110 valence electrons. The van der Waals surface area contributed by atoms with Gasteiger partial charge in [-0.3, -0.25) is 0 Å². The number of hydrogen-bond acceptors (Lipinski definition) is 1. The molecule has 0 spiro atoms. The molecule has 0 aromatic heterocycles. The van der Waals surface area contributed by atoms with E-state index in [2.05, 4.69) is 19.9 Å². The Labute approximate surface area is 123 Å². The van der Waals surface area contributed by atoms with E-state index in [1.165, 1.54) is 38.5 Å². The van der Waals surface area contributed by atoms with Crippen LogP contribution < -0.4 is 0 Å². The number of fused-ring (bicyclic) bond motifs is 4. The lowest BCUT2D eigenvalue weighted by Gasteiger charge is -2.52. The summed E-state index contributed by atoms with van der Waals surface area (Å²) in [6.07, 6.45) is 12.4. The predicted molar refractivity (Wildman–Crippen MR) is 82.3 cm³/mol.